The molecule has 5 nitrogen and oxygen atoms in total. The molecule has 2 atom stereocenters. The summed E-state index contributed by atoms with van der Waals surface area (Å²) in [4.78, 5) is 8.79. The molecule has 2 rings (SSSR count). The highest BCUT2D eigenvalue weighted by Crippen LogP contribution is 2.27. The summed E-state index contributed by atoms with van der Waals surface area (Å²) < 4.78 is 11.4. The number of aromatic nitrogens is 2. The third kappa shape index (κ3) is 3.82. The number of anilines is 1. The normalized spacial score (nSPS) is 23.6. The molecule has 1 fully saturated rings. The number of hydrogen-bond donors (Lipinski definition) is 1. The van der Waals surface area contributed by atoms with E-state index in [9.17, 15) is 0 Å². The van der Waals surface area contributed by atoms with Crippen molar-refractivity contribution in [1.29, 1.82) is 0 Å². The Kier molecular flexibility index (Phi) is 4.48. The fraction of sp³-hybridized carbons (Fsp3) is 0.733. The Labute approximate surface area is 120 Å². The Morgan fingerprint density at radius 3 is 2.55 bits per heavy atom. The summed E-state index contributed by atoms with van der Waals surface area (Å²) >= 11 is 0. The van der Waals surface area contributed by atoms with Gasteiger partial charge in [-0.15, -0.1) is 0 Å². The van der Waals surface area contributed by atoms with Crippen molar-refractivity contribution in [3.05, 3.63) is 11.9 Å². The van der Waals surface area contributed by atoms with E-state index in [1.165, 1.54) is 0 Å². The van der Waals surface area contributed by atoms with Gasteiger partial charge >= 0.3 is 0 Å². The van der Waals surface area contributed by atoms with Crippen molar-refractivity contribution in [3.8, 4) is 5.88 Å². The minimum absolute atomic E-state index is 0.144. The van der Waals surface area contributed by atoms with Crippen LogP contribution in [0, 0.1) is 0 Å². The summed E-state index contributed by atoms with van der Waals surface area (Å²) in [5, 5.41) is 0. The van der Waals surface area contributed by atoms with Gasteiger partial charge in [0.25, 0.3) is 0 Å². The molecule has 0 amide bonds. The van der Waals surface area contributed by atoms with Gasteiger partial charge in [0.2, 0.25) is 5.88 Å². The Hall–Kier alpha value is -1.36. The zero-order valence-electron chi connectivity index (χ0n) is 12.8. The molecular weight excluding hydrogens is 254 g/mol. The molecule has 0 spiro atoms. The lowest BCUT2D eigenvalue weighted by molar-refractivity contribution is 0.0193. The Bertz CT molecular complexity index is 457. The molecule has 1 aliphatic rings. The number of nitrogens with zero attached hydrogens (tertiary/aromatic N) is 2. The summed E-state index contributed by atoms with van der Waals surface area (Å²) in [6, 6.07) is 1.70. The lowest BCUT2D eigenvalue weighted by atomic mass is 9.95. The molecule has 1 aliphatic carbocycles. The first-order chi connectivity index (χ1) is 9.38. The monoisotopic (exact) mass is 279 g/mol. The molecule has 0 bridgehead atoms. The Balaban J connectivity index is 2.11. The van der Waals surface area contributed by atoms with Gasteiger partial charge in [0, 0.05) is 25.0 Å². The molecule has 0 saturated heterocycles. The van der Waals surface area contributed by atoms with Crippen LogP contribution in [0.5, 0.6) is 5.88 Å². The second-order valence-corrected chi connectivity index (χ2v) is 6.47. The third-order valence-corrected chi connectivity index (χ3v) is 3.59. The van der Waals surface area contributed by atoms with Gasteiger partial charge in [0.15, 0.2) is 0 Å². The van der Waals surface area contributed by atoms with Crippen LogP contribution in [-0.4, -0.2) is 29.3 Å². The van der Waals surface area contributed by atoms with Gasteiger partial charge in [0.1, 0.15) is 17.7 Å². The summed E-state index contributed by atoms with van der Waals surface area (Å²) in [5.74, 6) is 1.75. The minimum atomic E-state index is -0.144. The molecule has 5 heteroatoms. The van der Waals surface area contributed by atoms with Crippen molar-refractivity contribution < 1.29 is 9.47 Å². The van der Waals surface area contributed by atoms with E-state index in [1.807, 2.05) is 0 Å². The predicted octanol–water partition coefficient (Wildman–Crippen LogP) is 2.69. The van der Waals surface area contributed by atoms with Crippen LogP contribution in [0.4, 0.5) is 5.82 Å². The van der Waals surface area contributed by atoms with Crippen LogP contribution in [0.3, 0.4) is 0 Å². The van der Waals surface area contributed by atoms with Crippen molar-refractivity contribution in [2.75, 3.05) is 12.8 Å². The Morgan fingerprint density at radius 1 is 1.20 bits per heavy atom. The van der Waals surface area contributed by atoms with Gasteiger partial charge in [-0.05, 0) is 19.3 Å². The van der Waals surface area contributed by atoms with E-state index < -0.39 is 0 Å². The van der Waals surface area contributed by atoms with Crippen molar-refractivity contribution >= 4 is 5.82 Å². The molecule has 0 radical (unpaired) electrons. The van der Waals surface area contributed by atoms with Crippen LogP contribution in [0.2, 0.25) is 0 Å². The molecule has 0 aliphatic heterocycles. The molecule has 2 unspecified atom stereocenters. The topological polar surface area (TPSA) is 70.3 Å². The fourth-order valence-corrected chi connectivity index (χ4v) is 2.43. The number of nitrogens with two attached hydrogens (primary N) is 1. The van der Waals surface area contributed by atoms with Crippen LogP contribution in [0.25, 0.3) is 0 Å². The van der Waals surface area contributed by atoms with Crippen LogP contribution in [0.15, 0.2) is 6.07 Å². The number of ether oxygens (including phenoxy) is 2. The highest BCUT2D eigenvalue weighted by atomic mass is 16.5. The molecule has 2 N–H and O–H groups in total. The predicted molar refractivity (Wildman–Crippen MR) is 78.8 cm³/mol. The SMILES string of the molecule is COC1CCCC(Oc2cc(N)nc(C(C)(C)C)n2)C1. The quantitative estimate of drug-likeness (QED) is 0.921. The van der Waals surface area contributed by atoms with E-state index in [1.54, 1.807) is 13.2 Å². The average Bonchev–Trinajstić information content (AvgIpc) is 2.37. The minimum Gasteiger partial charge on any atom is -0.474 e. The van der Waals surface area contributed by atoms with Crippen LogP contribution < -0.4 is 10.5 Å². The zero-order chi connectivity index (χ0) is 14.8. The second kappa shape index (κ2) is 5.95. The number of nitrogen functional groups attached to an aromatic ring is 1. The smallest absolute Gasteiger partial charge is 0.219 e. The van der Waals surface area contributed by atoms with Gasteiger partial charge in [-0.3, -0.25) is 0 Å². The van der Waals surface area contributed by atoms with Crippen molar-refractivity contribution in [1.82, 2.24) is 9.97 Å². The van der Waals surface area contributed by atoms with Crippen LogP contribution in [0.1, 0.15) is 52.3 Å². The van der Waals surface area contributed by atoms with Gasteiger partial charge < -0.3 is 15.2 Å². The maximum Gasteiger partial charge on any atom is 0.219 e. The maximum atomic E-state index is 5.99. The highest BCUT2D eigenvalue weighted by Gasteiger charge is 2.25. The standard InChI is InChI=1S/C15H25N3O2/c1-15(2,3)14-17-12(16)9-13(18-14)20-11-7-5-6-10(8-11)19-4/h9-11H,5-8H2,1-4H3,(H2,16,17,18). The van der Waals surface area contributed by atoms with E-state index in [0.29, 0.717) is 17.5 Å². The van der Waals surface area contributed by atoms with Gasteiger partial charge in [-0.2, -0.15) is 4.98 Å². The first-order valence-corrected chi connectivity index (χ1v) is 7.23. The van der Waals surface area contributed by atoms with Crippen LogP contribution in [-0.2, 0) is 10.2 Å². The van der Waals surface area contributed by atoms with Gasteiger partial charge in [-0.1, -0.05) is 20.8 Å². The van der Waals surface area contributed by atoms with E-state index >= 15 is 0 Å². The summed E-state index contributed by atoms with van der Waals surface area (Å²) in [6.45, 7) is 6.19. The summed E-state index contributed by atoms with van der Waals surface area (Å²) in [6.07, 6.45) is 4.61. The van der Waals surface area contributed by atoms with E-state index in [4.69, 9.17) is 15.2 Å². The molecule has 1 aromatic heterocycles. The first-order valence-electron chi connectivity index (χ1n) is 7.23. The third-order valence-electron chi connectivity index (χ3n) is 3.59. The fourth-order valence-electron chi connectivity index (χ4n) is 2.43. The van der Waals surface area contributed by atoms with E-state index in [2.05, 4.69) is 30.7 Å². The zero-order valence-corrected chi connectivity index (χ0v) is 12.8. The number of hydrogen-bond acceptors (Lipinski definition) is 5. The lowest BCUT2D eigenvalue weighted by Gasteiger charge is -2.28. The molecule has 1 saturated carbocycles. The van der Waals surface area contributed by atoms with Crippen molar-refractivity contribution in [3.63, 3.8) is 0 Å². The van der Waals surface area contributed by atoms with Gasteiger partial charge in [0.05, 0.1) is 6.10 Å². The Morgan fingerprint density at radius 2 is 1.90 bits per heavy atom. The molecule has 1 heterocycles. The maximum absolute atomic E-state index is 5.99. The van der Waals surface area contributed by atoms with Gasteiger partial charge in [-0.25, -0.2) is 4.98 Å². The number of rotatable bonds is 3. The van der Waals surface area contributed by atoms with Crippen molar-refractivity contribution in [2.45, 2.75) is 64.1 Å². The van der Waals surface area contributed by atoms with Crippen LogP contribution >= 0.6 is 0 Å². The molecule has 0 aromatic carbocycles. The van der Waals surface area contributed by atoms with E-state index in [0.717, 1.165) is 25.7 Å². The second-order valence-electron chi connectivity index (χ2n) is 6.47. The largest absolute Gasteiger partial charge is 0.474 e. The molecular formula is C15H25N3O2. The average molecular weight is 279 g/mol. The number of methoxy groups -OCH3 is 1. The first kappa shape index (κ1) is 15.0. The van der Waals surface area contributed by atoms with Crippen molar-refractivity contribution in [2.24, 2.45) is 0 Å². The molecule has 112 valence electrons. The molecule has 20 heavy (non-hydrogen) atoms. The summed E-state index contributed by atoms with van der Waals surface area (Å²) in [5.41, 5.74) is 5.72. The van der Waals surface area contributed by atoms with E-state index in [-0.39, 0.29) is 17.6 Å². The molecule has 1 aromatic rings. The summed E-state index contributed by atoms with van der Waals surface area (Å²) in [7, 11) is 1.76. The lowest BCUT2D eigenvalue weighted by Crippen LogP contribution is -2.30. The highest BCUT2D eigenvalue weighted by molar-refractivity contribution is 5.34.